The molecule has 0 aromatic carbocycles. The normalized spacial score (nSPS) is 23.7. The predicted octanol–water partition coefficient (Wildman–Crippen LogP) is -0.235. The van der Waals surface area contributed by atoms with Crippen LogP contribution in [0.3, 0.4) is 0 Å². The second-order valence-corrected chi connectivity index (χ2v) is 2.29. The summed E-state index contributed by atoms with van der Waals surface area (Å²) < 4.78 is 9.44. The Morgan fingerprint density at radius 2 is 2.55 bits per heavy atom. The summed E-state index contributed by atoms with van der Waals surface area (Å²) in [5, 5.41) is 0. The minimum absolute atomic E-state index is 0.0451. The third kappa shape index (κ3) is 1.77. The number of hydrogen-bond acceptors (Lipinski definition) is 4. The lowest BCUT2D eigenvalue weighted by Gasteiger charge is -2.03. The Morgan fingerprint density at radius 3 is 3.00 bits per heavy atom. The molecule has 1 aliphatic heterocycles. The van der Waals surface area contributed by atoms with Crippen LogP contribution in [0.4, 0.5) is 0 Å². The summed E-state index contributed by atoms with van der Waals surface area (Å²) in [6.45, 7) is 2.24. The molecule has 0 saturated carbocycles. The first-order chi connectivity index (χ1) is 5.25. The second-order valence-electron chi connectivity index (χ2n) is 2.29. The molecule has 1 heterocycles. The van der Waals surface area contributed by atoms with Crippen LogP contribution in [0.5, 0.6) is 0 Å². The Bertz CT molecular complexity index is 175. The standard InChI is InChI=1S/C7H10O4/c1-2-11-7(9)5-3-10-4-6(5)8/h5H,2-4H2,1H3/t5-/m1/s1. The largest absolute Gasteiger partial charge is 0.465 e. The molecule has 1 rings (SSSR count). The number of esters is 1. The van der Waals surface area contributed by atoms with Gasteiger partial charge in [-0.2, -0.15) is 0 Å². The van der Waals surface area contributed by atoms with Crippen LogP contribution in [0, 0.1) is 5.92 Å². The lowest BCUT2D eigenvalue weighted by atomic mass is 10.1. The fraction of sp³-hybridized carbons (Fsp3) is 0.714. The number of carbonyl (C=O) groups is 2. The van der Waals surface area contributed by atoms with E-state index in [9.17, 15) is 9.59 Å². The summed E-state index contributed by atoms with van der Waals surface area (Å²) in [5.41, 5.74) is 0. The van der Waals surface area contributed by atoms with Gasteiger partial charge in [0.1, 0.15) is 12.5 Å². The van der Waals surface area contributed by atoms with E-state index in [4.69, 9.17) is 4.74 Å². The molecule has 62 valence electrons. The van der Waals surface area contributed by atoms with Gasteiger partial charge in [0.25, 0.3) is 0 Å². The summed E-state index contributed by atoms with van der Waals surface area (Å²) in [6, 6.07) is 0. The van der Waals surface area contributed by atoms with E-state index >= 15 is 0 Å². The van der Waals surface area contributed by atoms with Crippen LogP contribution in [0.15, 0.2) is 0 Å². The van der Waals surface area contributed by atoms with Gasteiger partial charge < -0.3 is 9.47 Å². The van der Waals surface area contributed by atoms with Gasteiger partial charge in [0.05, 0.1) is 13.2 Å². The van der Waals surface area contributed by atoms with E-state index in [1.807, 2.05) is 0 Å². The Morgan fingerprint density at radius 1 is 1.82 bits per heavy atom. The van der Waals surface area contributed by atoms with E-state index in [2.05, 4.69) is 4.74 Å². The minimum atomic E-state index is -0.671. The molecular weight excluding hydrogens is 148 g/mol. The van der Waals surface area contributed by atoms with Crippen molar-refractivity contribution in [3.63, 3.8) is 0 Å². The smallest absolute Gasteiger partial charge is 0.318 e. The summed E-state index contributed by atoms with van der Waals surface area (Å²) >= 11 is 0. The van der Waals surface area contributed by atoms with E-state index in [1.54, 1.807) is 6.92 Å². The maximum atomic E-state index is 10.9. The van der Waals surface area contributed by atoms with Crippen molar-refractivity contribution in [1.29, 1.82) is 0 Å². The third-order valence-corrected chi connectivity index (χ3v) is 1.49. The van der Waals surface area contributed by atoms with Gasteiger partial charge in [0.15, 0.2) is 5.78 Å². The van der Waals surface area contributed by atoms with Crippen LogP contribution in [0.2, 0.25) is 0 Å². The third-order valence-electron chi connectivity index (χ3n) is 1.49. The van der Waals surface area contributed by atoms with E-state index in [0.717, 1.165) is 0 Å². The fourth-order valence-electron chi connectivity index (χ4n) is 0.913. The van der Waals surface area contributed by atoms with Crippen molar-refractivity contribution in [2.75, 3.05) is 19.8 Å². The highest BCUT2D eigenvalue weighted by molar-refractivity contribution is 6.00. The molecule has 0 bridgehead atoms. The lowest BCUT2D eigenvalue weighted by Crippen LogP contribution is -2.24. The van der Waals surface area contributed by atoms with Crippen LogP contribution < -0.4 is 0 Å². The number of ether oxygens (including phenoxy) is 2. The highest BCUT2D eigenvalue weighted by Crippen LogP contribution is 2.09. The van der Waals surface area contributed by atoms with Crippen LogP contribution in [-0.2, 0) is 19.1 Å². The van der Waals surface area contributed by atoms with Crippen molar-refractivity contribution < 1.29 is 19.1 Å². The first-order valence-electron chi connectivity index (χ1n) is 3.52. The number of ketones is 1. The zero-order valence-electron chi connectivity index (χ0n) is 6.33. The van der Waals surface area contributed by atoms with Crippen LogP contribution in [0.25, 0.3) is 0 Å². The fourth-order valence-corrected chi connectivity index (χ4v) is 0.913. The average molecular weight is 158 g/mol. The van der Waals surface area contributed by atoms with Gasteiger partial charge in [0, 0.05) is 0 Å². The van der Waals surface area contributed by atoms with Gasteiger partial charge >= 0.3 is 5.97 Å². The zero-order chi connectivity index (χ0) is 8.27. The van der Waals surface area contributed by atoms with Gasteiger partial charge in [-0.15, -0.1) is 0 Å². The van der Waals surface area contributed by atoms with E-state index in [0.29, 0.717) is 6.61 Å². The van der Waals surface area contributed by atoms with Crippen molar-refractivity contribution in [3.05, 3.63) is 0 Å². The zero-order valence-corrected chi connectivity index (χ0v) is 6.33. The van der Waals surface area contributed by atoms with Gasteiger partial charge in [-0.25, -0.2) is 0 Å². The number of rotatable bonds is 2. The van der Waals surface area contributed by atoms with Crippen molar-refractivity contribution >= 4 is 11.8 Å². The maximum Gasteiger partial charge on any atom is 0.318 e. The Balaban J connectivity index is 2.46. The second kappa shape index (κ2) is 3.48. The average Bonchev–Trinajstić information content (AvgIpc) is 2.36. The molecular formula is C7H10O4. The highest BCUT2D eigenvalue weighted by atomic mass is 16.5. The number of hydrogen-bond donors (Lipinski definition) is 0. The molecule has 1 fully saturated rings. The molecule has 0 aliphatic carbocycles. The van der Waals surface area contributed by atoms with Gasteiger partial charge in [-0.05, 0) is 6.92 Å². The topological polar surface area (TPSA) is 52.6 Å². The summed E-state index contributed by atoms with van der Waals surface area (Å²) in [5.74, 6) is -1.31. The molecule has 1 atom stereocenters. The van der Waals surface area contributed by atoms with Crippen LogP contribution in [-0.4, -0.2) is 31.6 Å². The molecule has 0 unspecified atom stereocenters. The predicted molar refractivity (Wildman–Crippen MR) is 35.9 cm³/mol. The van der Waals surface area contributed by atoms with Crippen molar-refractivity contribution in [2.45, 2.75) is 6.92 Å². The molecule has 0 spiro atoms. The monoisotopic (exact) mass is 158 g/mol. The quantitative estimate of drug-likeness (QED) is 0.411. The van der Waals surface area contributed by atoms with E-state index in [-0.39, 0.29) is 19.0 Å². The van der Waals surface area contributed by atoms with E-state index in [1.165, 1.54) is 0 Å². The first-order valence-corrected chi connectivity index (χ1v) is 3.52. The van der Waals surface area contributed by atoms with Crippen molar-refractivity contribution in [3.8, 4) is 0 Å². The summed E-state index contributed by atoms with van der Waals surface area (Å²) in [4.78, 5) is 21.8. The summed E-state index contributed by atoms with van der Waals surface area (Å²) in [6.07, 6.45) is 0. The lowest BCUT2D eigenvalue weighted by molar-refractivity contribution is -0.150. The summed E-state index contributed by atoms with van der Waals surface area (Å²) in [7, 11) is 0. The maximum absolute atomic E-state index is 10.9. The molecule has 1 aliphatic rings. The molecule has 0 N–H and O–H groups in total. The number of Topliss-reactive ketones (excluding diaryl/α,β-unsaturated/α-hetero) is 1. The molecule has 1 saturated heterocycles. The SMILES string of the molecule is CCOC(=O)[C@@H]1COCC1=O. The Labute approximate surface area is 64.5 Å². The van der Waals surface area contributed by atoms with Gasteiger partial charge in [0.2, 0.25) is 0 Å². The Kier molecular flexibility index (Phi) is 2.59. The van der Waals surface area contributed by atoms with Crippen LogP contribution >= 0.6 is 0 Å². The van der Waals surface area contributed by atoms with Gasteiger partial charge in [-0.3, -0.25) is 9.59 Å². The molecule has 0 amide bonds. The molecule has 0 aromatic heterocycles. The van der Waals surface area contributed by atoms with E-state index < -0.39 is 11.9 Å². The first kappa shape index (κ1) is 8.20. The van der Waals surface area contributed by atoms with Crippen LogP contribution in [0.1, 0.15) is 6.92 Å². The number of carbonyl (C=O) groups excluding carboxylic acids is 2. The highest BCUT2D eigenvalue weighted by Gasteiger charge is 2.32. The van der Waals surface area contributed by atoms with Gasteiger partial charge in [-0.1, -0.05) is 0 Å². The Hall–Kier alpha value is -0.900. The van der Waals surface area contributed by atoms with Crippen molar-refractivity contribution in [1.82, 2.24) is 0 Å². The minimum Gasteiger partial charge on any atom is -0.465 e. The van der Waals surface area contributed by atoms with Crippen molar-refractivity contribution in [2.24, 2.45) is 5.92 Å². The molecule has 0 radical (unpaired) electrons. The molecule has 0 aromatic rings. The molecule has 4 heteroatoms. The molecule has 4 nitrogen and oxygen atoms in total. The molecule has 11 heavy (non-hydrogen) atoms.